The summed E-state index contributed by atoms with van der Waals surface area (Å²) in [4.78, 5) is 29.9. The first kappa shape index (κ1) is 30.4. The zero-order chi connectivity index (χ0) is 29.9. The van der Waals surface area contributed by atoms with Crippen LogP contribution in [0.25, 0.3) is 0 Å². The van der Waals surface area contributed by atoms with E-state index in [0.717, 1.165) is 50.1 Å². The van der Waals surface area contributed by atoms with Crippen LogP contribution in [0.5, 0.6) is 11.5 Å². The highest BCUT2D eigenvalue weighted by Gasteiger charge is 2.48. The molecule has 8 heteroatoms. The van der Waals surface area contributed by atoms with Gasteiger partial charge in [-0.2, -0.15) is 0 Å². The van der Waals surface area contributed by atoms with E-state index in [1.807, 2.05) is 32.2 Å². The highest BCUT2D eigenvalue weighted by atomic mass is 127. The summed E-state index contributed by atoms with van der Waals surface area (Å²) in [5, 5.41) is 1.10. The summed E-state index contributed by atoms with van der Waals surface area (Å²) >= 11 is 14.7. The number of carbonyl (C=O) groups excluding carboxylic acids is 2. The van der Waals surface area contributed by atoms with Crippen LogP contribution in [-0.2, 0) is 16.2 Å². The van der Waals surface area contributed by atoms with Crippen molar-refractivity contribution in [1.82, 2.24) is 4.90 Å². The van der Waals surface area contributed by atoms with Crippen molar-refractivity contribution in [3.63, 3.8) is 0 Å². The molecule has 0 N–H and O–H groups in total. The number of rotatable bonds is 6. The van der Waals surface area contributed by atoms with Crippen LogP contribution >= 0.6 is 45.8 Å². The summed E-state index contributed by atoms with van der Waals surface area (Å²) in [6.07, 6.45) is 2.48. The molecule has 0 radical (unpaired) electrons. The molecule has 0 aromatic heterocycles. The van der Waals surface area contributed by atoms with E-state index >= 15 is 0 Å². The minimum absolute atomic E-state index is 0.114. The summed E-state index contributed by atoms with van der Waals surface area (Å²) in [6, 6.07) is 9.31. The molecule has 0 saturated heterocycles. The van der Waals surface area contributed by atoms with Crippen molar-refractivity contribution >= 4 is 57.4 Å². The molecule has 3 aliphatic rings. The molecular formula is C33H36Cl2INO4. The second-order valence-corrected chi connectivity index (χ2v) is 14.9. The largest absolute Gasteiger partial charge is 0.490 e. The number of halogens is 3. The number of Topliss-reactive ketones (excluding diaryl/α,β-unsaturated/α-hetero) is 2. The molecule has 2 aromatic rings. The molecule has 5 nitrogen and oxygen atoms in total. The Bertz CT molecular complexity index is 1450. The van der Waals surface area contributed by atoms with Crippen molar-refractivity contribution < 1.29 is 19.1 Å². The molecule has 1 aliphatic heterocycles. The number of hydrogen-bond donors (Lipinski definition) is 0. The van der Waals surface area contributed by atoms with Gasteiger partial charge in [-0.15, -0.1) is 0 Å². The molecule has 0 atom stereocenters. The number of benzene rings is 2. The molecule has 0 spiro atoms. The maximum Gasteiger partial charge on any atom is 0.174 e. The zero-order valence-electron chi connectivity index (χ0n) is 24.4. The van der Waals surface area contributed by atoms with E-state index in [0.29, 0.717) is 41.0 Å². The van der Waals surface area contributed by atoms with Crippen molar-refractivity contribution in [2.45, 2.75) is 72.8 Å². The van der Waals surface area contributed by atoms with Crippen LogP contribution in [-0.4, -0.2) is 30.1 Å². The fourth-order valence-corrected chi connectivity index (χ4v) is 7.69. The van der Waals surface area contributed by atoms with Gasteiger partial charge in [0, 0.05) is 64.0 Å². The van der Waals surface area contributed by atoms with Crippen LogP contribution < -0.4 is 9.47 Å². The number of allylic oxidation sites excluding steroid dienone is 4. The van der Waals surface area contributed by atoms with Gasteiger partial charge in [0.2, 0.25) is 0 Å². The topological polar surface area (TPSA) is 55.8 Å². The smallest absolute Gasteiger partial charge is 0.174 e. The van der Waals surface area contributed by atoms with E-state index in [9.17, 15) is 9.59 Å². The molecule has 0 amide bonds. The number of carbonyl (C=O) groups is 2. The molecule has 5 rings (SSSR count). The molecule has 2 aliphatic carbocycles. The van der Waals surface area contributed by atoms with Gasteiger partial charge in [0.05, 0.1) is 10.2 Å². The van der Waals surface area contributed by atoms with Crippen molar-refractivity contribution in [2.24, 2.45) is 10.8 Å². The minimum atomic E-state index is -0.434. The maximum absolute atomic E-state index is 13.9. The standard InChI is InChI=1S/C33H36Cl2INO4/c1-7-40-27-11-19(10-22(36)31(27)41-17-18-8-9-20(34)12-21(18)35)28-29-23(13-32(2,3)15-25(29)38)37(6)24-14-33(4,5)16-26(39)30(24)28/h8-12,28H,7,13-17H2,1-6H3. The first-order valence-corrected chi connectivity index (χ1v) is 15.8. The van der Waals surface area contributed by atoms with Crippen LogP contribution in [0.4, 0.5) is 0 Å². The van der Waals surface area contributed by atoms with Crippen LogP contribution in [0.1, 0.15) is 77.3 Å². The second kappa shape index (κ2) is 11.2. The highest BCUT2D eigenvalue weighted by Crippen LogP contribution is 2.54. The number of ketones is 2. The average molecular weight is 708 g/mol. The third-order valence-corrected chi connectivity index (χ3v) is 9.62. The Kier molecular flexibility index (Phi) is 8.34. The van der Waals surface area contributed by atoms with Gasteiger partial charge in [-0.3, -0.25) is 9.59 Å². The Balaban J connectivity index is 1.63. The average Bonchev–Trinajstić information content (AvgIpc) is 2.84. The van der Waals surface area contributed by atoms with E-state index in [-0.39, 0.29) is 29.0 Å². The highest BCUT2D eigenvalue weighted by molar-refractivity contribution is 14.1. The van der Waals surface area contributed by atoms with Gasteiger partial charge in [-0.1, -0.05) is 57.0 Å². The maximum atomic E-state index is 13.9. The lowest BCUT2D eigenvalue weighted by Gasteiger charge is -2.48. The summed E-state index contributed by atoms with van der Waals surface area (Å²) < 4.78 is 13.2. The van der Waals surface area contributed by atoms with Crippen molar-refractivity contribution in [3.05, 3.63) is 77.6 Å². The van der Waals surface area contributed by atoms with E-state index < -0.39 is 5.92 Å². The van der Waals surface area contributed by atoms with Crippen LogP contribution in [0, 0.1) is 14.4 Å². The third kappa shape index (κ3) is 5.94. The molecule has 41 heavy (non-hydrogen) atoms. The Morgan fingerprint density at radius 1 is 0.902 bits per heavy atom. The molecule has 0 fully saturated rings. The number of ether oxygens (including phenoxy) is 2. The Morgan fingerprint density at radius 3 is 2.02 bits per heavy atom. The van der Waals surface area contributed by atoms with Crippen molar-refractivity contribution in [2.75, 3.05) is 13.7 Å². The lowest BCUT2D eigenvalue weighted by atomic mass is 9.64. The van der Waals surface area contributed by atoms with Gasteiger partial charge in [0.15, 0.2) is 23.1 Å². The molecular weight excluding hydrogens is 672 g/mol. The Hall–Kier alpha value is -2.03. The van der Waals surface area contributed by atoms with Gasteiger partial charge >= 0.3 is 0 Å². The molecule has 0 bridgehead atoms. The van der Waals surface area contributed by atoms with E-state index in [2.05, 4.69) is 55.2 Å². The van der Waals surface area contributed by atoms with Gasteiger partial charge in [-0.05, 0) is 83.0 Å². The van der Waals surface area contributed by atoms with E-state index in [4.69, 9.17) is 32.7 Å². The molecule has 0 saturated carbocycles. The second-order valence-electron chi connectivity index (χ2n) is 12.9. The molecule has 218 valence electrons. The van der Waals surface area contributed by atoms with Crippen molar-refractivity contribution in [1.29, 1.82) is 0 Å². The van der Waals surface area contributed by atoms with Gasteiger partial charge in [0.25, 0.3) is 0 Å². The third-order valence-electron chi connectivity index (χ3n) is 8.23. The predicted octanol–water partition coefficient (Wildman–Crippen LogP) is 8.89. The minimum Gasteiger partial charge on any atom is -0.490 e. The fourth-order valence-electron chi connectivity index (χ4n) is 6.44. The van der Waals surface area contributed by atoms with Gasteiger partial charge in [-0.25, -0.2) is 0 Å². The number of hydrogen-bond acceptors (Lipinski definition) is 5. The Morgan fingerprint density at radius 2 is 1.49 bits per heavy atom. The summed E-state index contributed by atoms with van der Waals surface area (Å²) in [5.74, 6) is 0.974. The predicted molar refractivity (Wildman–Crippen MR) is 172 cm³/mol. The summed E-state index contributed by atoms with van der Waals surface area (Å²) in [7, 11) is 2.03. The summed E-state index contributed by atoms with van der Waals surface area (Å²) in [6.45, 7) is 11.2. The van der Waals surface area contributed by atoms with Gasteiger partial charge < -0.3 is 14.4 Å². The van der Waals surface area contributed by atoms with E-state index in [1.54, 1.807) is 12.1 Å². The molecule has 1 heterocycles. The van der Waals surface area contributed by atoms with Crippen LogP contribution in [0.15, 0.2) is 52.9 Å². The van der Waals surface area contributed by atoms with Gasteiger partial charge in [0.1, 0.15) is 6.61 Å². The van der Waals surface area contributed by atoms with Crippen molar-refractivity contribution in [3.8, 4) is 11.5 Å². The first-order chi connectivity index (χ1) is 19.2. The first-order valence-electron chi connectivity index (χ1n) is 14.0. The number of nitrogens with zero attached hydrogens (tertiary/aromatic N) is 1. The molecule has 2 aromatic carbocycles. The van der Waals surface area contributed by atoms with Crippen LogP contribution in [0.3, 0.4) is 0 Å². The van der Waals surface area contributed by atoms with Crippen LogP contribution in [0.2, 0.25) is 10.0 Å². The van der Waals surface area contributed by atoms with E-state index in [1.165, 1.54) is 0 Å². The normalized spacial score (nSPS) is 20.3. The Labute approximate surface area is 266 Å². The lowest BCUT2D eigenvalue weighted by molar-refractivity contribution is -0.119. The lowest BCUT2D eigenvalue weighted by Crippen LogP contribution is -2.43. The zero-order valence-corrected chi connectivity index (χ0v) is 28.1. The molecule has 0 unspecified atom stereocenters. The summed E-state index contributed by atoms with van der Waals surface area (Å²) in [5.41, 5.74) is 4.96. The quantitative estimate of drug-likeness (QED) is 0.281. The monoisotopic (exact) mass is 707 g/mol. The fraction of sp³-hybridized carbons (Fsp3) is 0.455. The SMILES string of the molecule is CCOc1cc(C2C3=C(CC(C)(C)CC3=O)N(C)C3=C2C(=O)CC(C)(C)C3)cc(I)c1OCc1ccc(Cl)cc1Cl.